The summed E-state index contributed by atoms with van der Waals surface area (Å²) < 4.78 is 5.53. The molecule has 0 saturated heterocycles. The molecule has 0 amide bonds. The zero-order valence-electron chi connectivity index (χ0n) is 15.2. The van der Waals surface area contributed by atoms with Crippen LogP contribution in [0.2, 0.25) is 0 Å². The van der Waals surface area contributed by atoms with Gasteiger partial charge in [0.15, 0.2) is 10.9 Å². The van der Waals surface area contributed by atoms with Crippen LogP contribution in [0.1, 0.15) is 35.8 Å². The zero-order chi connectivity index (χ0) is 18.7. The number of nitrogens with zero attached hydrogens (tertiary/aromatic N) is 1. The zero-order valence-corrected chi connectivity index (χ0v) is 16.0. The molecule has 2 aromatic rings. The van der Waals surface area contributed by atoms with Gasteiger partial charge in [0.05, 0.1) is 13.2 Å². The Morgan fingerprint density at radius 2 is 1.81 bits per heavy atom. The van der Waals surface area contributed by atoms with Crippen LogP contribution in [0, 0.1) is 0 Å². The summed E-state index contributed by atoms with van der Waals surface area (Å²) >= 11 is 5.54. The van der Waals surface area contributed by atoms with Crippen molar-refractivity contribution < 1.29 is 9.53 Å². The molecule has 3 rings (SSSR count). The number of ether oxygens (including phenoxy) is 1. The van der Waals surface area contributed by atoms with Crippen molar-refractivity contribution in [1.29, 1.82) is 0 Å². The fourth-order valence-corrected chi connectivity index (χ4v) is 3.72. The third-order valence-electron chi connectivity index (χ3n) is 4.64. The van der Waals surface area contributed by atoms with E-state index in [4.69, 9.17) is 17.0 Å². The number of Topliss-reactive ketones (excluding diaryl/α,β-unsaturated/α-hetero) is 1. The number of para-hydroxylation sites is 1. The van der Waals surface area contributed by atoms with Crippen molar-refractivity contribution in [2.45, 2.75) is 19.9 Å². The molecule has 1 heterocycles. The van der Waals surface area contributed by atoms with Gasteiger partial charge in [-0.1, -0.05) is 48.5 Å². The standard InChI is InChI=1S/C21H22N2O2S/c1-4-23-14(2)18(20(24)15-10-6-5-7-11-15)19(22-21(23)26)16-12-8-9-13-17(16)25-3/h5-13,19H,4H2,1-3H3,(H,22,26). The van der Waals surface area contributed by atoms with E-state index in [-0.39, 0.29) is 11.8 Å². The minimum atomic E-state index is -0.353. The van der Waals surface area contributed by atoms with Gasteiger partial charge in [0.1, 0.15) is 5.75 Å². The van der Waals surface area contributed by atoms with Crippen LogP contribution in [0.15, 0.2) is 65.9 Å². The largest absolute Gasteiger partial charge is 0.496 e. The van der Waals surface area contributed by atoms with E-state index in [1.54, 1.807) is 7.11 Å². The summed E-state index contributed by atoms with van der Waals surface area (Å²) in [6.45, 7) is 4.67. The lowest BCUT2D eigenvalue weighted by Crippen LogP contribution is -2.47. The summed E-state index contributed by atoms with van der Waals surface area (Å²) in [6.07, 6.45) is 0. The minimum absolute atomic E-state index is 0.00699. The van der Waals surface area contributed by atoms with Crippen LogP contribution in [0.4, 0.5) is 0 Å². The highest BCUT2D eigenvalue weighted by Gasteiger charge is 2.34. The van der Waals surface area contributed by atoms with Gasteiger partial charge in [-0.2, -0.15) is 0 Å². The molecule has 5 heteroatoms. The van der Waals surface area contributed by atoms with E-state index in [2.05, 4.69) is 5.32 Å². The normalized spacial score (nSPS) is 17.1. The molecule has 0 radical (unpaired) electrons. The summed E-state index contributed by atoms with van der Waals surface area (Å²) in [5, 5.41) is 3.95. The number of hydrogen-bond acceptors (Lipinski definition) is 3. The molecular formula is C21H22N2O2S. The number of nitrogens with one attached hydrogen (secondary N) is 1. The first-order valence-electron chi connectivity index (χ1n) is 8.60. The first-order chi connectivity index (χ1) is 12.6. The molecule has 0 bridgehead atoms. The first kappa shape index (κ1) is 18.1. The predicted octanol–water partition coefficient (Wildman–Crippen LogP) is 4.10. The van der Waals surface area contributed by atoms with Crippen molar-refractivity contribution in [3.05, 3.63) is 77.0 Å². The fourth-order valence-electron chi connectivity index (χ4n) is 3.34. The lowest BCUT2D eigenvalue weighted by molar-refractivity contribution is 0.102. The van der Waals surface area contributed by atoms with Crippen LogP contribution < -0.4 is 10.1 Å². The van der Waals surface area contributed by atoms with E-state index in [0.717, 1.165) is 17.0 Å². The number of hydrogen-bond donors (Lipinski definition) is 1. The predicted molar refractivity (Wildman–Crippen MR) is 107 cm³/mol. The van der Waals surface area contributed by atoms with Gasteiger partial charge in [-0.15, -0.1) is 0 Å². The third-order valence-corrected chi connectivity index (χ3v) is 4.98. The highest BCUT2D eigenvalue weighted by Crippen LogP contribution is 2.36. The monoisotopic (exact) mass is 366 g/mol. The third kappa shape index (κ3) is 3.22. The number of allylic oxidation sites excluding steroid dienone is 1. The van der Waals surface area contributed by atoms with E-state index < -0.39 is 0 Å². The van der Waals surface area contributed by atoms with Crippen LogP contribution in [-0.2, 0) is 0 Å². The summed E-state index contributed by atoms with van der Waals surface area (Å²) in [5.74, 6) is 0.719. The second kappa shape index (κ2) is 7.70. The van der Waals surface area contributed by atoms with Crippen molar-refractivity contribution in [2.75, 3.05) is 13.7 Å². The molecule has 0 aliphatic carbocycles. The van der Waals surface area contributed by atoms with Gasteiger partial charge >= 0.3 is 0 Å². The molecule has 1 atom stereocenters. The van der Waals surface area contributed by atoms with Gasteiger partial charge in [0.25, 0.3) is 0 Å². The second-order valence-electron chi connectivity index (χ2n) is 6.06. The molecule has 1 unspecified atom stereocenters. The molecule has 26 heavy (non-hydrogen) atoms. The molecule has 0 aromatic heterocycles. The van der Waals surface area contributed by atoms with E-state index in [1.807, 2.05) is 73.3 Å². The van der Waals surface area contributed by atoms with E-state index in [1.165, 1.54) is 0 Å². The van der Waals surface area contributed by atoms with Crippen molar-refractivity contribution in [1.82, 2.24) is 10.2 Å². The molecule has 4 nitrogen and oxygen atoms in total. The Morgan fingerprint density at radius 1 is 1.15 bits per heavy atom. The van der Waals surface area contributed by atoms with Gasteiger partial charge in [-0.3, -0.25) is 4.79 Å². The van der Waals surface area contributed by atoms with Gasteiger partial charge in [0.2, 0.25) is 0 Å². The molecule has 0 spiro atoms. The minimum Gasteiger partial charge on any atom is -0.496 e. The average molecular weight is 366 g/mol. The average Bonchev–Trinajstić information content (AvgIpc) is 2.68. The smallest absolute Gasteiger partial charge is 0.193 e. The van der Waals surface area contributed by atoms with Crippen LogP contribution in [-0.4, -0.2) is 29.5 Å². The highest BCUT2D eigenvalue weighted by molar-refractivity contribution is 7.80. The Kier molecular flexibility index (Phi) is 5.38. The number of carbonyl (C=O) groups is 1. The molecule has 0 saturated carbocycles. The van der Waals surface area contributed by atoms with Crippen molar-refractivity contribution in [3.63, 3.8) is 0 Å². The van der Waals surface area contributed by atoms with Crippen LogP contribution in [0.5, 0.6) is 5.75 Å². The Hall–Kier alpha value is -2.66. The summed E-state index contributed by atoms with van der Waals surface area (Å²) in [4.78, 5) is 15.3. The van der Waals surface area contributed by atoms with E-state index >= 15 is 0 Å². The molecule has 1 aliphatic rings. The molecule has 134 valence electrons. The lowest BCUT2D eigenvalue weighted by atomic mass is 9.88. The van der Waals surface area contributed by atoms with Crippen molar-refractivity contribution in [2.24, 2.45) is 0 Å². The Labute approximate surface area is 159 Å². The Morgan fingerprint density at radius 3 is 2.46 bits per heavy atom. The number of rotatable bonds is 5. The molecule has 2 aromatic carbocycles. The topological polar surface area (TPSA) is 41.6 Å². The number of methoxy groups -OCH3 is 1. The van der Waals surface area contributed by atoms with Gasteiger partial charge in [0, 0.05) is 28.9 Å². The van der Waals surface area contributed by atoms with Gasteiger partial charge < -0.3 is 15.0 Å². The Bertz CT molecular complexity index is 861. The molecule has 1 N–H and O–H groups in total. The summed E-state index contributed by atoms with van der Waals surface area (Å²) in [7, 11) is 1.63. The maximum atomic E-state index is 13.4. The summed E-state index contributed by atoms with van der Waals surface area (Å²) in [6, 6.07) is 16.7. The number of ketones is 1. The van der Waals surface area contributed by atoms with Crippen molar-refractivity contribution in [3.8, 4) is 5.75 Å². The first-order valence-corrected chi connectivity index (χ1v) is 9.00. The number of benzene rings is 2. The molecule has 0 fully saturated rings. The van der Waals surface area contributed by atoms with Crippen LogP contribution >= 0.6 is 12.2 Å². The Balaban J connectivity index is 2.17. The van der Waals surface area contributed by atoms with Crippen molar-refractivity contribution >= 4 is 23.1 Å². The second-order valence-corrected chi connectivity index (χ2v) is 6.45. The van der Waals surface area contributed by atoms with Gasteiger partial charge in [-0.05, 0) is 32.1 Å². The maximum absolute atomic E-state index is 13.4. The number of carbonyl (C=O) groups excluding carboxylic acids is 1. The molecule has 1 aliphatic heterocycles. The van der Waals surface area contributed by atoms with Crippen LogP contribution in [0.25, 0.3) is 0 Å². The SMILES string of the molecule is CCN1C(=S)NC(c2ccccc2OC)C(C(=O)c2ccccc2)=C1C. The van der Waals surface area contributed by atoms with Crippen LogP contribution in [0.3, 0.4) is 0 Å². The highest BCUT2D eigenvalue weighted by atomic mass is 32.1. The number of thiocarbonyl (C=S) groups is 1. The summed E-state index contributed by atoms with van der Waals surface area (Å²) in [5.41, 5.74) is 3.12. The quantitative estimate of drug-likeness (QED) is 0.637. The van der Waals surface area contributed by atoms with E-state index in [9.17, 15) is 4.79 Å². The lowest BCUT2D eigenvalue weighted by Gasteiger charge is -2.37. The fraction of sp³-hybridized carbons (Fsp3) is 0.238. The van der Waals surface area contributed by atoms with Gasteiger partial charge in [-0.25, -0.2) is 0 Å². The van der Waals surface area contributed by atoms with E-state index in [0.29, 0.717) is 22.8 Å². The maximum Gasteiger partial charge on any atom is 0.193 e. The molecular weight excluding hydrogens is 344 g/mol.